The highest BCUT2D eigenvalue weighted by Crippen LogP contribution is 2.02. The lowest BCUT2D eigenvalue weighted by atomic mass is 10.3. The SMILES string of the molecule is C=C(Cl)CNC(=O)CCCn1c(C)csc1=O. The fraction of sp³-hybridized carbons (Fsp3) is 0.455. The van der Waals surface area contributed by atoms with Crippen LogP contribution in [0.15, 0.2) is 21.8 Å². The van der Waals surface area contributed by atoms with Gasteiger partial charge in [-0.2, -0.15) is 0 Å². The van der Waals surface area contributed by atoms with E-state index in [1.807, 2.05) is 12.3 Å². The molecular weight excluding hydrogens is 260 g/mol. The topological polar surface area (TPSA) is 51.1 Å². The molecule has 0 radical (unpaired) electrons. The van der Waals surface area contributed by atoms with Gasteiger partial charge in [-0.25, -0.2) is 0 Å². The first-order chi connectivity index (χ1) is 8.00. The Bertz CT molecular complexity index is 464. The second-order valence-corrected chi connectivity index (χ2v) is 5.05. The van der Waals surface area contributed by atoms with Crippen LogP contribution in [0.5, 0.6) is 0 Å². The van der Waals surface area contributed by atoms with Gasteiger partial charge in [-0.15, -0.1) is 0 Å². The average Bonchev–Trinajstić information content (AvgIpc) is 2.57. The maximum absolute atomic E-state index is 11.4. The van der Waals surface area contributed by atoms with E-state index in [1.54, 1.807) is 4.57 Å². The molecule has 1 N–H and O–H groups in total. The fourth-order valence-electron chi connectivity index (χ4n) is 1.36. The van der Waals surface area contributed by atoms with Crippen LogP contribution in [-0.4, -0.2) is 17.0 Å². The predicted octanol–water partition coefficient (Wildman–Crippen LogP) is 1.87. The number of halogens is 1. The van der Waals surface area contributed by atoms with Crippen LogP contribution in [0.4, 0.5) is 0 Å². The average molecular weight is 275 g/mol. The molecule has 0 unspecified atom stereocenters. The predicted molar refractivity (Wildman–Crippen MR) is 70.6 cm³/mol. The van der Waals surface area contributed by atoms with Crippen LogP contribution >= 0.6 is 22.9 Å². The van der Waals surface area contributed by atoms with Crippen molar-refractivity contribution in [1.29, 1.82) is 0 Å². The number of carbonyl (C=O) groups is 1. The minimum Gasteiger partial charge on any atom is -0.351 e. The summed E-state index contributed by atoms with van der Waals surface area (Å²) in [6.07, 6.45) is 1.02. The lowest BCUT2D eigenvalue weighted by Crippen LogP contribution is -2.25. The number of hydrogen-bond acceptors (Lipinski definition) is 3. The van der Waals surface area contributed by atoms with Gasteiger partial charge in [-0.1, -0.05) is 29.5 Å². The maximum atomic E-state index is 11.4. The van der Waals surface area contributed by atoms with E-state index in [4.69, 9.17) is 11.6 Å². The number of nitrogens with zero attached hydrogens (tertiary/aromatic N) is 1. The standard InChI is InChI=1S/C11H15ClN2O2S/c1-8(12)6-13-10(15)4-3-5-14-9(2)7-17-11(14)16/h7H,1,3-6H2,2H3,(H,13,15). The molecule has 0 aliphatic heterocycles. The first kappa shape index (κ1) is 14.0. The molecule has 0 atom stereocenters. The molecule has 1 aromatic rings. The number of amides is 1. The fourth-order valence-corrected chi connectivity index (χ4v) is 2.18. The van der Waals surface area contributed by atoms with Crippen molar-refractivity contribution in [2.24, 2.45) is 0 Å². The Morgan fingerprint density at radius 2 is 2.35 bits per heavy atom. The van der Waals surface area contributed by atoms with Crippen LogP contribution < -0.4 is 10.2 Å². The molecule has 1 amide bonds. The molecule has 0 aliphatic carbocycles. The quantitative estimate of drug-likeness (QED) is 0.861. The molecule has 0 aromatic carbocycles. The van der Waals surface area contributed by atoms with Crippen molar-refractivity contribution in [2.75, 3.05) is 6.54 Å². The molecule has 1 heterocycles. The second-order valence-electron chi connectivity index (χ2n) is 3.69. The van der Waals surface area contributed by atoms with E-state index >= 15 is 0 Å². The van der Waals surface area contributed by atoms with Crippen LogP contribution in [0.3, 0.4) is 0 Å². The Balaban J connectivity index is 2.31. The second kappa shape index (κ2) is 6.61. The van der Waals surface area contributed by atoms with E-state index in [0.717, 1.165) is 5.69 Å². The third kappa shape index (κ3) is 4.75. The van der Waals surface area contributed by atoms with Crippen molar-refractivity contribution in [3.05, 3.63) is 32.4 Å². The third-order valence-corrected chi connectivity index (χ3v) is 3.25. The number of carbonyl (C=O) groups excluding carboxylic acids is 1. The number of rotatable bonds is 6. The Morgan fingerprint density at radius 1 is 1.65 bits per heavy atom. The molecule has 4 nitrogen and oxygen atoms in total. The van der Waals surface area contributed by atoms with Crippen molar-refractivity contribution in [1.82, 2.24) is 9.88 Å². The molecule has 0 spiro atoms. The van der Waals surface area contributed by atoms with Gasteiger partial charge >= 0.3 is 4.87 Å². The first-order valence-electron chi connectivity index (χ1n) is 5.25. The van der Waals surface area contributed by atoms with Gasteiger partial charge in [0.15, 0.2) is 0 Å². The van der Waals surface area contributed by atoms with Crippen LogP contribution in [0.1, 0.15) is 18.5 Å². The Hall–Kier alpha value is -1.07. The summed E-state index contributed by atoms with van der Waals surface area (Å²) >= 11 is 6.71. The molecule has 0 saturated heterocycles. The Kier molecular flexibility index (Phi) is 5.44. The van der Waals surface area contributed by atoms with Crippen LogP contribution in [0, 0.1) is 6.92 Å². The minimum atomic E-state index is -0.0762. The summed E-state index contributed by atoms with van der Waals surface area (Å²) in [6, 6.07) is 0. The van der Waals surface area contributed by atoms with Crippen molar-refractivity contribution in [2.45, 2.75) is 26.3 Å². The molecule has 0 saturated carbocycles. The molecule has 1 rings (SSSR count). The first-order valence-corrected chi connectivity index (χ1v) is 6.51. The molecule has 17 heavy (non-hydrogen) atoms. The van der Waals surface area contributed by atoms with E-state index in [9.17, 15) is 9.59 Å². The lowest BCUT2D eigenvalue weighted by Gasteiger charge is -2.05. The van der Waals surface area contributed by atoms with Gasteiger partial charge in [0.2, 0.25) is 5.91 Å². The van der Waals surface area contributed by atoms with Gasteiger partial charge in [0, 0.05) is 29.1 Å². The summed E-state index contributed by atoms with van der Waals surface area (Å²) in [4.78, 5) is 22.8. The maximum Gasteiger partial charge on any atom is 0.307 e. The zero-order chi connectivity index (χ0) is 12.8. The zero-order valence-electron chi connectivity index (χ0n) is 9.66. The molecular formula is C11H15ClN2O2S. The molecule has 94 valence electrons. The van der Waals surface area contributed by atoms with Gasteiger partial charge in [-0.3, -0.25) is 9.59 Å². The highest BCUT2D eigenvalue weighted by molar-refractivity contribution is 7.07. The summed E-state index contributed by atoms with van der Waals surface area (Å²) in [5.41, 5.74) is 0.939. The number of aromatic nitrogens is 1. The number of thiazole rings is 1. The Labute approximate surface area is 109 Å². The largest absolute Gasteiger partial charge is 0.351 e. The van der Waals surface area contributed by atoms with Gasteiger partial charge in [-0.05, 0) is 13.3 Å². The molecule has 0 bridgehead atoms. The zero-order valence-corrected chi connectivity index (χ0v) is 11.2. The van der Waals surface area contributed by atoms with Gasteiger partial charge in [0.1, 0.15) is 0 Å². The van der Waals surface area contributed by atoms with E-state index in [2.05, 4.69) is 11.9 Å². The minimum absolute atomic E-state index is 0.0250. The van der Waals surface area contributed by atoms with Crippen molar-refractivity contribution >= 4 is 28.8 Å². The van der Waals surface area contributed by atoms with E-state index in [0.29, 0.717) is 24.4 Å². The van der Waals surface area contributed by atoms with Crippen molar-refractivity contribution in [3.63, 3.8) is 0 Å². The summed E-state index contributed by atoms with van der Waals surface area (Å²) < 4.78 is 1.68. The van der Waals surface area contributed by atoms with Gasteiger partial charge in [0.25, 0.3) is 0 Å². The molecule has 0 fully saturated rings. The number of aryl methyl sites for hydroxylation is 1. The summed E-state index contributed by atoms with van der Waals surface area (Å²) in [5.74, 6) is -0.0762. The van der Waals surface area contributed by atoms with E-state index < -0.39 is 0 Å². The smallest absolute Gasteiger partial charge is 0.307 e. The molecule has 1 aromatic heterocycles. The Morgan fingerprint density at radius 3 is 2.88 bits per heavy atom. The molecule has 6 heteroatoms. The summed E-state index contributed by atoms with van der Waals surface area (Å²) in [5, 5.41) is 4.86. The normalized spacial score (nSPS) is 10.2. The van der Waals surface area contributed by atoms with Gasteiger partial charge in [0.05, 0.1) is 6.54 Å². The summed E-state index contributed by atoms with van der Waals surface area (Å²) in [7, 11) is 0. The van der Waals surface area contributed by atoms with Crippen LogP contribution in [0.2, 0.25) is 0 Å². The van der Waals surface area contributed by atoms with Crippen molar-refractivity contribution < 1.29 is 4.79 Å². The highest BCUT2D eigenvalue weighted by Gasteiger charge is 2.04. The lowest BCUT2D eigenvalue weighted by molar-refractivity contribution is -0.121. The third-order valence-electron chi connectivity index (χ3n) is 2.24. The number of hydrogen-bond donors (Lipinski definition) is 1. The summed E-state index contributed by atoms with van der Waals surface area (Å²) in [6.45, 7) is 6.22. The van der Waals surface area contributed by atoms with Crippen molar-refractivity contribution in [3.8, 4) is 0 Å². The highest BCUT2D eigenvalue weighted by atomic mass is 35.5. The van der Waals surface area contributed by atoms with Crippen LogP contribution in [0.25, 0.3) is 0 Å². The van der Waals surface area contributed by atoms with E-state index in [1.165, 1.54) is 11.3 Å². The molecule has 0 aliphatic rings. The van der Waals surface area contributed by atoms with Crippen LogP contribution in [-0.2, 0) is 11.3 Å². The number of nitrogens with one attached hydrogen (secondary N) is 1. The monoisotopic (exact) mass is 274 g/mol. The van der Waals surface area contributed by atoms with Gasteiger partial charge < -0.3 is 9.88 Å². The van der Waals surface area contributed by atoms with E-state index in [-0.39, 0.29) is 17.3 Å².